The minimum Gasteiger partial charge on any atom is -0.397 e. The summed E-state index contributed by atoms with van der Waals surface area (Å²) in [6.07, 6.45) is 3.50. The van der Waals surface area contributed by atoms with Crippen molar-refractivity contribution in [1.29, 1.82) is 0 Å². The van der Waals surface area contributed by atoms with Crippen molar-refractivity contribution in [1.82, 2.24) is 4.98 Å². The van der Waals surface area contributed by atoms with Gasteiger partial charge in [-0.3, -0.25) is 4.98 Å². The summed E-state index contributed by atoms with van der Waals surface area (Å²) in [6.45, 7) is 1.93. The molecule has 2 nitrogen and oxygen atoms in total. The second kappa shape index (κ2) is 11.4. The van der Waals surface area contributed by atoms with E-state index in [9.17, 15) is 0 Å². The second-order valence-electron chi connectivity index (χ2n) is 1.34. The van der Waals surface area contributed by atoms with Crippen molar-refractivity contribution in [2.45, 2.75) is 6.92 Å². The first-order chi connectivity index (χ1) is 4.41. The standard InChI is InChI=1S/C5H5N.C2H6O.Ni/c1-2-4-6-5-3-1;1-2-3;/h1-5H;3H,2H2,1H3;. The Morgan fingerprint density at radius 2 is 1.60 bits per heavy atom. The quantitative estimate of drug-likeness (QED) is 0.611. The fraction of sp³-hybridized carbons (Fsp3) is 0.286. The third kappa shape index (κ3) is 10.6. The summed E-state index contributed by atoms with van der Waals surface area (Å²) in [5.74, 6) is 0. The number of aromatic nitrogens is 1. The van der Waals surface area contributed by atoms with Crippen LogP contribution in [0.2, 0.25) is 0 Å². The molecule has 1 rings (SSSR count). The fourth-order valence-corrected chi connectivity index (χ4v) is 0.313. The molecule has 0 aliphatic heterocycles. The number of hydrogen-bond acceptors (Lipinski definition) is 2. The monoisotopic (exact) mass is 183 g/mol. The van der Waals surface area contributed by atoms with Gasteiger partial charge in [0.05, 0.1) is 0 Å². The normalized spacial score (nSPS) is 6.60. The van der Waals surface area contributed by atoms with Crippen LogP contribution in [0.4, 0.5) is 0 Å². The summed E-state index contributed by atoms with van der Waals surface area (Å²) in [5, 5.41) is 7.57. The van der Waals surface area contributed by atoms with E-state index in [0.29, 0.717) is 0 Å². The van der Waals surface area contributed by atoms with Crippen molar-refractivity contribution in [2.75, 3.05) is 6.61 Å². The molecule has 0 bridgehead atoms. The molecule has 60 valence electrons. The third-order valence-corrected chi connectivity index (χ3v) is 0.566. The first kappa shape index (κ1) is 12.3. The average molecular weight is 184 g/mol. The molecular formula is C7H11NNiO. The summed E-state index contributed by atoms with van der Waals surface area (Å²) >= 11 is 0. The van der Waals surface area contributed by atoms with Crippen LogP contribution >= 0.6 is 0 Å². The molecule has 1 heterocycles. The summed E-state index contributed by atoms with van der Waals surface area (Å²) < 4.78 is 0. The second-order valence-corrected chi connectivity index (χ2v) is 1.34. The van der Waals surface area contributed by atoms with E-state index in [1.165, 1.54) is 0 Å². The predicted molar refractivity (Wildman–Crippen MR) is 37.0 cm³/mol. The first-order valence-corrected chi connectivity index (χ1v) is 2.87. The Kier molecular flexibility index (Phi) is 14.0. The SMILES string of the molecule is CCO.[Ni].c1ccncc1. The number of hydrogen-bond donors (Lipinski definition) is 1. The largest absolute Gasteiger partial charge is 0.397 e. The molecule has 0 amide bonds. The minimum absolute atomic E-state index is 0. The first-order valence-electron chi connectivity index (χ1n) is 2.87. The Bertz CT molecular complexity index is 96.5. The van der Waals surface area contributed by atoms with E-state index in [4.69, 9.17) is 5.11 Å². The minimum atomic E-state index is 0. The number of aliphatic hydroxyl groups excluding tert-OH is 1. The molecule has 10 heavy (non-hydrogen) atoms. The molecule has 0 aromatic carbocycles. The van der Waals surface area contributed by atoms with E-state index in [1.807, 2.05) is 18.2 Å². The maximum Gasteiger partial charge on any atom is 0.0402 e. The Morgan fingerprint density at radius 1 is 1.20 bits per heavy atom. The molecule has 0 radical (unpaired) electrons. The van der Waals surface area contributed by atoms with Gasteiger partial charge in [-0.1, -0.05) is 6.07 Å². The Morgan fingerprint density at radius 3 is 1.70 bits per heavy atom. The molecule has 0 spiro atoms. The van der Waals surface area contributed by atoms with Gasteiger partial charge in [0.2, 0.25) is 0 Å². The molecule has 0 saturated heterocycles. The number of nitrogens with zero attached hydrogens (tertiary/aromatic N) is 1. The predicted octanol–water partition coefficient (Wildman–Crippen LogP) is 1.08. The molecule has 1 N–H and O–H groups in total. The van der Waals surface area contributed by atoms with Crippen molar-refractivity contribution in [3.63, 3.8) is 0 Å². The number of aliphatic hydroxyl groups is 1. The smallest absolute Gasteiger partial charge is 0.0402 e. The van der Waals surface area contributed by atoms with Crippen molar-refractivity contribution in [2.24, 2.45) is 0 Å². The Balaban J connectivity index is 0. The van der Waals surface area contributed by atoms with Crippen molar-refractivity contribution in [3.05, 3.63) is 30.6 Å². The van der Waals surface area contributed by atoms with Gasteiger partial charge in [0.25, 0.3) is 0 Å². The van der Waals surface area contributed by atoms with Gasteiger partial charge in [-0.2, -0.15) is 0 Å². The van der Waals surface area contributed by atoms with Crippen LogP contribution in [0.1, 0.15) is 6.92 Å². The fourth-order valence-electron chi connectivity index (χ4n) is 0.313. The van der Waals surface area contributed by atoms with Crippen molar-refractivity contribution < 1.29 is 21.6 Å². The number of pyridine rings is 1. The maximum absolute atomic E-state index is 7.57. The van der Waals surface area contributed by atoms with Crippen LogP contribution in [-0.4, -0.2) is 16.7 Å². The van der Waals surface area contributed by atoms with Crippen LogP contribution in [0, 0.1) is 0 Å². The van der Waals surface area contributed by atoms with Gasteiger partial charge in [-0.15, -0.1) is 0 Å². The van der Waals surface area contributed by atoms with E-state index in [2.05, 4.69) is 4.98 Å². The zero-order chi connectivity index (χ0) is 6.95. The molecular weight excluding hydrogens is 173 g/mol. The molecule has 3 heteroatoms. The van der Waals surface area contributed by atoms with Crippen LogP contribution in [0.25, 0.3) is 0 Å². The molecule has 1 aromatic rings. The van der Waals surface area contributed by atoms with E-state index in [1.54, 1.807) is 19.3 Å². The zero-order valence-corrected chi connectivity index (χ0v) is 6.79. The zero-order valence-electron chi connectivity index (χ0n) is 5.80. The van der Waals surface area contributed by atoms with E-state index in [0.717, 1.165) is 0 Å². The summed E-state index contributed by atoms with van der Waals surface area (Å²) in [4.78, 5) is 3.78. The molecule has 0 saturated carbocycles. The van der Waals surface area contributed by atoms with Gasteiger partial charge in [0, 0.05) is 35.5 Å². The van der Waals surface area contributed by atoms with Crippen molar-refractivity contribution in [3.8, 4) is 0 Å². The van der Waals surface area contributed by atoms with Gasteiger partial charge in [-0.05, 0) is 19.1 Å². The summed E-state index contributed by atoms with van der Waals surface area (Å²) in [6, 6.07) is 5.72. The molecule has 0 fully saturated rings. The van der Waals surface area contributed by atoms with E-state index >= 15 is 0 Å². The van der Waals surface area contributed by atoms with Gasteiger partial charge >= 0.3 is 0 Å². The molecule has 0 aliphatic carbocycles. The van der Waals surface area contributed by atoms with Gasteiger partial charge < -0.3 is 5.11 Å². The summed E-state index contributed by atoms with van der Waals surface area (Å²) in [5.41, 5.74) is 0. The van der Waals surface area contributed by atoms with Gasteiger partial charge in [-0.25, -0.2) is 0 Å². The molecule has 1 aromatic heterocycles. The Hall–Kier alpha value is -0.396. The van der Waals surface area contributed by atoms with Crippen LogP contribution in [0.5, 0.6) is 0 Å². The van der Waals surface area contributed by atoms with Crippen LogP contribution in [-0.2, 0) is 16.5 Å². The number of rotatable bonds is 0. The van der Waals surface area contributed by atoms with Crippen LogP contribution in [0.3, 0.4) is 0 Å². The average Bonchev–Trinajstić information content (AvgIpc) is 1.93. The third-order valence-electron chi connectivity index (χ3n) is 0.566. The van der Waals surface area contributed by atoms with E-state index < -0.39 is 0 Å². The van der Waals surface area contributed by atoms with E-state index in [-0.39, 0.29) is 23.1 Å². The topological polar surface area (TPSA) is 33.1 Å². The van der Waals surface area contributed by atoms with Crippen LogP contribution < -0.4 is 0 Å². The van der Waals surface area contributed by atoms with Crippen molar-refractivity contribution >= 4 is 0 Å². The maximum atomic E-state index is 7.57. The summed E-state index contributed by atoms with van der Waals surface area (Å²) in [7, 11) is 0. The van der Waals surface area contributed by atoms with Crippen LogP contribution in [0.15, 0.2) is 30.6 Å². The van der Waals surface area contributed by atoms with Gasteiger partial charge in [0.15, 0.2) is 0 Å². The van der Waals surface area contributed by atoms with Gasteiger partial charge in [0.1, 0.15) is 0 Å². The molecule has 0 unspecified atom stereocenters. The molecule has 0 atom stereocenters. The molecule has 0 aliphatic rings. The Labute approximate surface area is 71.2 Å².